The summed E-state index contributed by atoms with van der Waals surface area (Å²) in [7, 11) is 1.63. The molecule has 0 N–H and O–H groups in total. The highest BCUT2D eigenvalue weighted by atomic mass is 32.2. The van der Waals surface area contributed by atoms with E-state index in [-0.39, 0.29) is 12.7 Å². The first-order valence-electron chi connectivity index (χ1n) is 11.1. The van der Waals surface area contributed by atoms with Gasteiger partial charge in [0.05, 0.1) is 19.4 Å². The Morgan fingerprint density at radius 3 is 2.51 bits per heavy atom. The first-order chi connectivity index (χ1) is 17.1. The first kappa shape index (κ1) is 22.9. The predicted octanol–water partition coefficient (Wildman–Crippen LogP) is 5.29. The molecule has 0 unspecified atom stereocenters. The lowest BCUT2D eigenvalue weighted by Crippen LogP contribution is -2.30. The molecule has 2 aliphatic heterocycles. The Balaban J connectivity index is 1.33. The van der Waals surface area contributed by atoms with Crippen LogP contribution in [-0.4, -0.2) is 37.3 Å². The maximum absolute atomic E-state index is 13.4. The Labute approximate surface area is 208 Å². The molecule has 2 heterocycles. The third-order valence-electron chi connectivity index (χ3n) is 5.46. The largest absolute Gasteiger partial charge is 0.497 e. The number of rotatable bonds is 7. The highest BCUT2D eigenvalue weighted by molar-refractivity contribution is 8.14. The topological polar surface area (TPSA) is 69.6 Å². The number of carbonyl (C=O) groups excluding carboxylic acids is 1. The number of thioether (sulfide) groups is 1. The van der Waals surface area contributed by atoms with E-state index in [0.29, 0.717) is 34.7 Å². The van der Waals surface area contributed by atoms with Gasteiger partial charge < -0.3 is 18.9 Å². The Bertz CT molecular complexity index is 1290. The number of hydrogen-bond donors (Lipinski definition) is 0. The van der Waals surface area contributed by atoms with Gasteiger partial charge in [0.1, 0.15) is 17.2 Å². The predicted molar refractivity (Wildman–Crippen MR) is 138 cm³/mol. The van der Waals surface area contributed by atoms with Crippen molar-refractivity contribution in [2.75, 3.05) is 31.2 Å². The van der Waals surface area contributed by atoms with E-state index in [1.165, 1.54) is 11.8 Å². The lowest BCUT2D eigenvalue weighted by Gasteiger charge is -2.18. The van der Waals surface area contributed by atoms with Crippen LogP contribution in [0.3, 0.4) is 0 Å². The average molecular weight is 489 g/mol. The fourth-order valence-corrected chi connectivity index (χ4v) is 4.47. The molecule has 7 nitrogen and oxygen atoms in total. The van der Waals surface area contributed by atoms with Gasteiger partial charge in [0.25, 0.3) is 5.91 Å². The molecular formula is C27H24N2O5S. The highest BCUT2D eigenvalue weighted by Crippen LogP contribution is 2.34. The number of amides is 1. The first-order valence-corrected chi connectivity index (χ1v) is 12.1. The highest BCUT2D eigenvalue weighted by Gasteiger charge is 2.32. The van der Waals surface area contributed by atoms with Crippen molar-refractivity contribution in [1.29, 1.82) is 0 Å². The number of ether oxygens (including phenoxy) is 4. The summed E-state index contributed by atoms with van der Waals surface area (Å²) in [6.07, 6.45) is 1.77. The van der Waals surface area contributed by atoms with Gasteiger partial charge in [0.2, 0.25) is 6.79 Å². The van der Waals surface area contributed by atoms with Crippen LogP contribution < -0.4 is 23.8 Å². The quantitative estimate of drug-likeness (QED) is 0.333. The van der Waals surface area contributed by atoms with Crippen LogP contribution in [0, 0.1) is 6.92 Å². The number of benzene rings is 3. The van der Waals surface area contributed by atoms with Crippen LogP contribution in [0.25, 0.3) is 6.08 Å². The number of nitrogens with zero attached hydrogens (tertiary/aromatic N) is 2. The summed E-state index contributed by atoms with van der Waals surface area (Å²) in [4.78, 5) is 19.7. The van der Waals surface area contributed by atoms with Gasteiger partial charge in [-0.05, 0) is 67.1 Å². The van der Waals surface area contributed by atoms with Crippen molar-refractivity contribution in [2.45, 2.75) is 6.92 Å². The van der Waals surface area contributed by atoms with Crippen LogP contribution in [0.5, 0.6) is 23.0 Å². The second-order valence-corrected chi connectivity index (χ2v) is 8.95. The lowest BCUT2D eigenvalue weighted by atomic mass is 10.1. The molecule has 8 heteroatoms. The average Bonchev–Trinajstić information content (AvgIpc) is 3.47. The maximum Gasteiger partial charge on any atom is 0.283 e. The zero-order valence-electron chi connectivity index (χ0n) is 19.4. The van der Waals surface area contributed by atoms with Crippen molar-refractivity contribution in [3.05, 3.63) is 83.6 Å². The minimum Gasteiger partial charge on any atom is -0.497 e. The second-order valence-electron chi connectivity index (χ2n) is 7.89. The van der Waals surface area contributed by atoms with Crippen molar-refractivity contribution in [1.82, 2.24) is 0 Å². The van der Waals surface area contributed by atoms with Crippen LogP contribution >= 0.6 is 11.8 Å². The van der Waals surface area contributed by atoms with Gasteiger partial charge >= 0.3 is 0 Å². The van der Waals surface area contributed by atoms with Crippen molar-refractivity contribution in [2.24, 2.45) is 4.99 Å². The molecule has 0 aromatic heterocycles. The van der Waals surface area contributed by atoms with Crippen LogP contribution in [0.15, 0.2) is 77.4 Å². The van der Waals surface area contributed by atoms with E-state index in [4.69, 9.17) is 18.9 Å². The molecule has 0 saturated heterocycles. The second kappa shape index (κ2) is 10.1. The molecule has 0 atom stereocenters. The molecule has 0 aliphatic carbocycles. The minimum absolute atomic E-state index is 0.176. The molecular weight excluding hydrogens is 464 g/mol. The summed E-state index contributed by atoms with van der Waals surface area (Å²) < 4.78 is 21.9. The van der Waals surface area contributed by atoms with Gasteiger partial charge in [0.15, 0.2) is 16.7 Å². The fraction of sp³-hybridized carbons (Fsp3) is 0.185. The Kier molecular flexibility index (Phi) is 6.63. The zero-order valence-corrected chi connectivity index (χ0v) is 20.2. The minimum atomic E-state index is -0.176. The van der Waals surface area contributed by atoms with E-state index in [2.05, 4.69) is 4.99 Å². The number of carbonyl (C=O) groups is 1. The molecule has 0 bridgehead atoms. The summed E-state index contributed by atoms with van der Waals surface area (Å²) >= 11 is 1.48. The summed E-state index contributed by atoms with van der Waals surface area (Å²) in [5.74, 6) is 3.34. The standard InChI is InChI=1S/C27H24N2O5S/c1-18-3-6-20(7-4-18)29-26(30)23(15-19-5-12-24-25(16-19)34-17-33-24)28-27(29)35-14-13-32-22-10-8-21(31-2)9-11-22/h3-12,15-16H,13-14,17H2,1-2H3. The lowest BCUT2D eigenvalue weighted by molar-refractivity contribution is -0.113. The smallest absolute Gasteiger partial charge is 0.283 e. The molecule has 5 rings (SSSR count). The van der Waals surface area contributed by atoms with Gasteiger partial charge in [0, 0.05) is 5.75 Å². The fourth-order valence-electron chi connectivity index (χ4n) is 3.64. The van der Waals surface area contributed by atoms with Crippen LogP contribution in [0.4, 0.5) is 5.69 Å². The van der Waals surface area contributed by atoms with Crippen LogP contribution in [0.2, 0.25) is 0 Å². The monoisotopic (exact) mass is 488 g/mol. The SMILES string of the molecule is COc1ccc(OCCSC2=NC(=Cc3ccc4c(c3)OCO4)C(=O)N2c2ccc(C)cc2)cc1. The number of hydrogen-bond acceptors (Lipinski definition) is 7. The van der Waals surface area contributed by atoms with E-state index >= 15 is 0 Å². The van der Waals surface area contributed by atoms with Gasteiger partial charge in [-0.25, -0.2) is 4.99 Å². The molecule has 0 radical (unpaired) electrons. The molecule has 1 amide bonds. The number of methoxy groups -OCH3 is 1. The Morgan fingerprint density at radius 1 is 1.00 bits per heavy atom. The third-order valence-corrected chi connectivity index (χ3v) is 6.37. The van der Waals surface area contributed by atoms with Crippen molar-refractivity contribution >= 4 is 34.6 Å². The van der Waals surface area contributed by atoms with Gasteiger partial charge in [-0.3, -0.25) is 9.69 Å². The maximum atomic E-state index is 13.4. The van der Waals surface area contributed by atoms with E-state index in [1.54, 1.807) is 18.1 Å². The molecule has 178 valence electrons. The third kappa shape index (κ3) is 5.12. The number of fused-ring (bicyclic) bond motifs is 1. The van der Waals surface area contributed by atoms with Gasteiger partial charge in [-0.1, -0.05) is 35.5 Å². The van der Waals surface area contributed by atoms with Crippen molar-refractivity contribution in [3.8, 4) is 23.0 Å². The van der Waals surface area contributed by atoms with E-state index in [0.717, 1.165) is 28.3 Å². The van der Waals surface area contributed by atoms with Crippen molar-refractivity contribution < 1.29 is 23.7 Å². The van der Waals surface area contributed by atoms with Crippen LogP contribution in [-0.2, 0) is 4.79 Å². The molecule has 3 aromatic carbocycles. The van der Waals surface area contributed by atoms with E-state index < -0.39 is 0 Å². The number of aliphatic imine (C=N–C) groups is 1. The molecule has 0 fully saturated rings. The van der Waals surface area contributed by atoms with E-state index in [9.17, 15) is 4.79 Å². The molecule has 0 spiro atoms. The van der Waals surface area contributed by atoms with Gasteiger partial charge in [-0.15, -0.1) is 0 Å². The molecule has 35 heavy (non-hydrogen) atoms. The molecule has 2 aliphatic rings. The van der Waals surface area contributed by atoms with Gasteiger partial charge in [-0.2, -0.15) is 0 Å². The van der Waals surface area contributed by atoms with Crippen molar-refractivity contribution in [3.63, 3.8) is 0 Å². The summed E-state index contributed by atoms with van der Waals surface area (Å²) in [5.41, 5.74) is 3.08. The molecule has 3 aromatic rings. The molecule has 0 saturated carbocycles. The Hall–Kier alpha value is -3.91. The van der Waals surface area contributed by atoms with E-state index in [1.807, 2.05) is 73.7 Å². The zero-order chi connectivity index (χ0) is 24.2. The summed E-state index contributed by atoms with van der Waals surface area (Å²) in [6.45, 7) is 2.68. The summed E-state index contributed by atoms with van der Waals surface area (Å²) in [5, 5.41) is 0.615. The van der Waals surface area contributed by atoms with Crippen LogP contribution in [0.1, 0.15) is 11.1 Å². The normalized spacial score (nSPS) is 15.5. The number of amidine groups is 1. The Morgan fingerprint density at radius 2 is 1.74 bits per heavy atom. The number of anilines is 1. The summed E-state index contributed by atoms with van der Waals surface area (Å²) in [6, 6.07) is 20.8. The number of aryl methyl sites for hydroxylation is 1.